The van der Waals surface area contributed by atoms with Crippen molar-refractivity contribution in [3.63, 3.8) is 0 Å². The van der Waals surface area contributed by atoms with Crippen LogP contribution < -0.4 is 0 Å². The average molecular weight is 351 g/mol. The Balaban J connectivity index is 1.89. The van der Waals surface area contributed by atoms with Gasteiger partial charge >= 0.3 is 0 Å². The van der Waals surface area contributed by atoms with Crippen LogP contribution in [0, 0.1) is 11.8 Å². The van der Waals surface area contributed by atoms with Crippen molar-refractivity contribution < 1.29 is 13.2 Å². The third-order valence-corrected chi connectivity index (χ3v) is 8.54. The lowest BCUT2D eigenvalue weighted by Crippen LogP contribution is -2.45. The lowest BCUT2D eigenvalue weighted by Gasteiger charge is -2.41. The predicted molar refractivity (Wildman–Crippen MR) is 97.0 cm³/mol. The van der Waals surface area contributed by atoms with Crippen LogP contribution in [0.15, 0.2) is 29.2 Å². The van der Waals surface area contributed by atoms with Gasteiger partial charge in [-0.15, -0.1) is 0 Å². The summed E-state index contributed by atoms with van der Waals surface area (Å²) in [6.07, 6.45) is 3.72. The highest BCUT2D eigenvalue weighted by molar-refractivity contribution is 7.92. The normalized spacial score (nSPS) is 33.6. The molecule has 2 aliphatic carbocycles. The second-order valence-corrected chi connectivity index (χ2v) is 11.0. The molecule has 2 atom stereocenters. The summed E-state index contributed by atoms with van der Waals surface area (Å²) in [5, 5.41) is -0.235. The highest BCUT2D eigenvalue weighted by Crippen LogP contribution is 2.51. The van der Waals surface area contributed by atoms with Gasteiger partial charge < -0.3 is 4.74 Å². The van der Waals surface area contributed by atoms with Crippen molar-refractivity contribution in [3.8, 4) is 0 Å². The third kappa shape index (κ3) is 3.03. The van der Waals surface area contributed by atoms with Crippen LogP contribution >= 0.6 is 0 Å². The van der Waals surface area contributed by atoms with Crippen molar-refractivity contribution in [2.24, 2.45) is 11.8 Å². The second kappa shape index (κ2) is 5.84. The minimum absolute atomic E-state index is 0.0342. The fraction of sp³-hybridized carbons (Fsp3) is 0.700. The molecule has 0 aliphatic heterocycles. The Morgan fingerprint density at radius 1 is 1.04 bits per heavy atom. The fourth-order valence-electron chi connectivity index (χ4n) is 4.75. The number of rotatable bonds is 3. The van der Waals surface area contributed by atoms with Gasteiger partial charge in [-0.3, -0.25) is 0 Å². The van der Waals surface area contributed by atoms with E-state index in [1.54, 1.807) is 19.2 Å². The van der Waals surface area contributed by atoms with Gasteiger partial charge in [0.15, 0.2) is 9.84 Å². The van der Waals surface area contributed by atoms with Crippen molar-refractivity contribution >= 4 is 9.84 Å². The maximum atomic E-state index is 13.3. The molecular weight excluding hydrogens is 320 g/mol. The molecule has 3 nitrogen and oxygen atoms in total. The molecule has 0 spiro atoms. The van der Waals surface area contributed by atoms with E-state index in [0.717, 1.165) is 25.7 Å². The summed E-state index contributed by atoms with van der Waals surface area (Å²) in [5.74, 6) is 0.446. The summed E-state index contributed by atoms with van der Waals surface area (Å²) in [4.78, 5) is 0.485. The van der Waals surface area contributed by atoms with Crippen LogP contribution in [0.3, 0.4) is 0 Å². The topological polar surface area (TPSA) is 43.4 Å². The number of fused-ring (bicyclic) bond motifs is 2. The van der Waals surface area contributed by atoms with E-state index in [-0.39, 0.29) is 28.1 Å². The Kier molecular flexibility index (Phi) is 4.37. The Morgan fingerprint density at radius 2 is 1.54 bits per heavy atom. The lowest BCUT2D eigenvalue weighted by atomic mass is 9.78. The van der Waals surface area contributed by atoms with Gasteiger partial charge in [0.25, 0.3) is 0 Å². The maximum Gasteiger partial charge on any atom is 0.181 e. The number of ether oxygens (including phenoxy) is 1. The van der Waals surface area contributed by atoms with Gasteiger partial charge in [-0.25, -0.2) is 8.42 Å². The van der Waals surface area contributed by atoms with Crippen LogP contribution in [0.2, 0.25) is 0 Å². The zero-order valence-corrected chi connectivity index (χ0v) is 16.3. The van der Waals surface area contributed by atoms with Gasteiger partial charge in [0.2, 0.25) is 0 Å². The average Bonchev–Trinajstić information content (AvgIpc) is 2.80. The van der Waals surface area contributed by atoms with E-state index >= 15 is 0 Å². The minimum atomic E-state index is -3.27. The van der Waals surface area contributed by atoms with Crippen LogP contribution in [0.1, 0.15) is 58.9 Å². The highest BCUT2D eigenvalue weighted by atomic mass is 32.2. The molecule has 1 aromatic carbocycles. The van der Waals surface area contributed by atoms with E-state index in [2.05, 4.69) is 27.7 Å². The van der Waals surface area contributed by atoms with Crippen molar-refractivity contribution in [3.05, 3.63) is 29.8 Å². The first kappa shape index (κ1) is 17.9. The van der Waals surface area contributed by atoms with E-state index in [0.29, 0.717) is 4.90 Å². The van der Waals surface area contributed by atoms with Gasteiger partial charge in [-0.05, 0) is 67.6 Å². The highest BCUT2D eigenvalue weighted by Gasteiger charge is 2.53. The van der Waals surface area contributed by atoms with Crippen molar-refractivity contribution in [1.29, 1.82) is 0 Å². The molecule has 2 bridgehead atoms. The SMILES string of the molecule is COC1(C)CC2CCC(C1)C2S(=O)(=O)c1ccc(C(C)(C)C)cc1. The van der Waals surface area contributed by atoms with Crippen molar-refractivity contribution in [2.75, 3.05) is 7.11 Å². The fourth-order valence-corrected chi connectivity index (χ4v) is 7.05. The molecule has 0 heterocycles. The van der Waals surface area contributed by atoms with E-state index in [9.17, 15) is 8.42 Å². The molecule has 2 aliphatic rings. The smallest absolute Gasteiger partial charge is 0.181 e. The molecule has 0 saturated heterocycles. The first-order chi connectivity index (χ1) is 11.1. The molecule has 0 radical (unpaired) electrons. The summed E-state index contributed by atoms with van der Waals surface area (Å²) < 4.78 is 32.2. The molecule has 2 saturated carbocycles. The first-order valence-corrected chi connectivity index (χ1v) is 10.5. The summed E-state index contributed by atoms with van der Waals surface area (Å²) in [6.45, 7) is 8.55. The summed E-state index contributed by atoms with van der Waals surface area (Å²) in [7, 11) is -1.52. The lowest BCUT2D eigenvalue weighted by molar-refractivity contribution is -0.0420. The van der Waals surface area contributed by atoms with E-state index in [4.69, 9.17) is 4.74 Å². The monoisotopic (exact) mass is 350 g/mol. The Labute approximate surface area is 146 Å². The Bertz CT molecular complexity index is 683. The molecule has 0 amide bonds. The molecule has 134 valence electrons. The van der Waals surface area contributed by atoms with Gasteiger partial charge in [-0.1, -0.05) is 32.9 Å². The predicted octanol–water partition coefficient (Wildman–Crippen LogP) is 4.35. The number of benzene rings is 1. The molecular formula is C20H30O3S. The van der Waals surface area contributed by atoms with E-state index < -0.39 is 9.84 Å². The zero-order chi connectivity index (χ0) is 17.8. The Hall–Kier alpha value is -0.870. The molecule has 2 fully saturated rings. The van der Waals surface area contributed by atoms with Gasteiger partial charge in [0.1, 0.15) is 0 Å². The third-order valence-electron chi connectivity index (χ3n) is 6.13. The van der Waals surface area contributed by atoms with Gasteiger partial charge in [0.05, 0.1) is 15.7 Å². The maximum absolute atomic E-state index is 13.3. The number of hydrogen-bond donors (Lipinski definition) is 0. The molecule has 3 rings (SSSR count). The molecule has 2 unspecified atom stereocenters. The van der Waals surface area contributed by atoms with E-state index in [1.165, 1.54) is 5.56 Å². The summed E-state index contributed by atoms with van der Waals surface area (Å²) in [6, 6.07) is 7.55. The molecule has 0 N–H and O–H groups in total. The summed E-state index contributed by atoms with van der Waals surface area (Å²) >= 11 is 0. The summed E-state index contributed by atoms with van der Waals surface area (Å²) in [5.41, 5.74) is 1.04. The van der Waals surface area contributed by atoms with Crippen LogP contribution in [0.25, 0.3) is 0 Å². The quantitative estimate of drug-likeness (QED) is 0.814. The van der Waals surface area contributed by atoms with Gasteiger partial charge in [-0.2, -0.15) is 0 Å². The van der Waals surface area contributed by atoms with Crippen LogP contribution in [0.5, 0.6) is 0 Å². The van der Waals surface area contributed by atoms with Crippen LogP contribution in [-0.4, -0.2) is 26.4 Å². The standard InChI is InChI=1S/C20H30O3S/c1-19(2,3)16-8-10-17(11-9-16)24(21,22)18-14-6-7-15(18)13-20(4,12-14)23-5/h8-11,14-15,18H,6-7,12-13H2,1-5H3. The Morgan fingerprint density at radius 3 is 1.96 bits per heavy atom. The van der Waals surface area contributed by atoms with Crippen molar-refractivity contribution in [1.82, 2.24) is 0 Å². The molecule has 0 aromatic heterocycles. The second-order valence-electron chi connectivity index (χ2n) is 8.94. The van der Waals surface area contributed by atoms with Crippen LogP contribution in [-0.2, 0) is 20.0 Å². The first-order valence-electron chi connectivity index (χ1n) is 8.96. The number of methoxy groups -OCH3 is 1. The largest absolute Gasteiger partial charge is 0.379 e. The van der Waals surface area contributed by atoms with Crippen molar-refractivity contribution in [2.45, 2.75) is 74.5 Å². The molecule has 4 heteroatoms. The number of sulfone groups is 1. The minimum Gasteiger partial charge on any atom is -0.379 e. The molecule has 24 heavy (non-hydrogen) atoms. The number of hydrogen-bond acceptors (Lipinski definition) is 3. The van der Waals surface area contributed by atoms with Gasteiger partial charge in [0, 0.05) is 7.11 Å². The zero-order valence-electron chi connectivity index (χ0n) is 15.5. The van der Waals surface area contributed by atoms with Crippen LogP contribution in [0.4, 0.5) is 0 Å². The van der Waals surface area contributed by atoms with E-state index in [1.807, 2.05) is 12.1 Å². The molecule has 1 aromatic rings.